The predicted molar refractivity (Wildman–Crippen MR) is 63.1 cm³/mol. The highest BCUT2D eigenvalue weighted by atomic mass is 19.3. The van der Waals surface area contributed by atoms with E-state index in [1.807, 2.05) is 0 Å². The van der Waals surface area contributed by atoms with Crippen molar-refractivity contribution in [2.24, 2.45) is 5.73 Å². The van der Waals surface area contributed by atoms with E-state index in [-0.39, 0.29) is 6.54 Å². The highest BCUT2D eigenvalue weighted by Gasteiger charge is 2.46. The SMILES string of the molecule is CCN(CC(F)(F)C(F)F)C1(CN)CCCCC1. The van der Waals surface area contributed by atoms with E-state index in [2.05, 4.69) is 0 Å². The summed E-state index contributed by atoms with van der Waals surface area (Å²) >= 11 is 0. The molecule has 0 atom stereocenters. The maximum atomic E-state index is 13.2. The molecule has 2 nitrogen and oxygen atoms in total. The zero-order valence-corrected chi connectivity index (χ0v) is 10.8. The first-order chi connectivity index (χ1) is 8.38. The lowest BCUT2D eigenvalue weighted by molar-refractivity contribution is -0.155. The maximum Gasteiger partial charge on any atom is 0.319 e. The van der Waals surface area contributed by atoms with E-state index in [1.54, 1.807) is 6.92 Å². The molecule has 0 amide bonds. The molecule has 0 aliphatic heterocycles. The van der Waals surface area contributed by atoms with E-state index in [1.165, 1.54) is 4.90 Å². The quantitative estimate of drug-likeness (QED) is 0.752. The summed E-state index contributed by atoms with van der Waals surface area (Å²) in [5, 5.41) is 0. The first-order valence-corrected chi connectivity index (χ1v) is 6.49. The zero-order chi connectivity index (χ0) is 13.8. The van der Waals surface area contributed by atoms with Crippen LogP contribution in [0.1, 0.15) is 39.0 Å². The van der Waals surface area contributed by atoms with Gasteiger partial charge in [0.25, 0.3) is 0 Å². The first-order valence-electron chi connectivity index (χ1n) is 6.49. The second-order valence-electron chi connectivity index (χ2n) is 5.07. The van der Waals surface area contributed by atoms with Crippen LogP contribution in [0.15, 0.2) is 0 Å². The van der Waals surface area contributed by atoms with Crippen molar-refractivity contribution in [1.29, 1.82) is 0 Å². The summed E-state index contributed by atoms with van der Waals surface area (Å²) in [6, 6.07) is 0. The third-order valence-electron chi connectivity index (χ3n) is 3.94. The average Bonchev–Trinajstić information content (AvgIpc) is 2.36. The Bertz CT molecular complexity index is 252. The lowest BCUT2D eigenvalue weighted by Crippen LogP contribution is -2.58. The summed E-state index contributed by atoms with van der Waals surface area (Å²) in [5.41, 5.74) is 5.21. The second kappa shape index (κ2) is 6.19. The van der Waals surface area contributed by atoms with Gasteiger partial charge in [0.05, 0.1) is 6.54 Å². The molecule has 0 aromatic carbocycles. The Morgan fingerprint density at radius 1 is 1.22 bits per heavy atom. The maximum absolute atomic E-state index is 13.2. The third kappa shape index (κ3) is 3.35. The van der Waals surface area contributed by atoms with Crippen LogP contribution in [0.5, 0.6) is 0 Å². The second-order valence-corrected chi connectivity index (χ2v) is 5.07. The number of halogens is 4. The van der Waals surface area contributed by atoms with Crippen LogP contribution in [0.4, 0.5) is 17.6 Å². The molecular formula is C12H22F4N2. The van der Waals surface area contributed by atoms with Crippen LogP contribution in [0.2, 0.25) is 0 Å². The van der Waals surface area contributed by atoms with E-state index in [4.69, 9.17) is 5.73 Å². The number of hydrogen-bond acceptors (Lipinski definition) is 2. The van der Waals surface area contributed by atoms with Crippen LogP contribution in [0.3, 0.4) is 0 Å². The van der Waals surface area contributed by atoms with Gasteiger partial charge in [-0.25, -0.2) is 8.78 Å². The number of nitrogens with two attached hydrogens (primary N) is 1. The molecule has 0 heterocycles. The van der Waals surface area contributed by atoms with Crippen molar-refractivity contribution < 1.29 is 17.6 Å². The Kier molecular flexibility index (Phi) is 5.40. The van der Waals surface area contributed by atoms with Gasteiger partial charge in [-0.1, -0.05) is 26.2 Å². The number of alkyl halides is 4. The first kappa shape index (κ1) is 15.7. The van der Waals surface area contributed by atoms with Crippen LogP contribution in [0, 0.1) is 0 Å². The molecule has 2 N–H and O–H groups in total. The monoisotopic (exact) mass is 270 g/mol. The highest BCUT2D eigenvalue weighted by Crippen LogP contribution is 2.35. The number of hydrogen-bond donors (Lipinski definition) is 1. The van der Waals surface area contributed by atoms with Crippen molar-refractivity contribution in [2.75, 3.05) is 19.6 Å². The summed E-state index contributed by atoms with van der Waals surface area (Å²) in [6.45, 7) is 1.38. The molecule has 0 saturated heterocycles. The summed E-state index contributed by atoms with van der Waals surface area (Å²) in [7, 11) is 0. The van der Waals surface area contributed by atoms with Gasteiger partial charge < -0.3 is 5.73 Å². The van der Waals surface area contributed by atoms with E-state index < -0.39 is 24.4 Å². The third-order valence-corrected chi connectivity index (χ3v) is 3.94. The minimum Gasteiger partial charge on any atom is -0.329 e. The number of rotatable bonds is 6. The van der Waals surface area contributed by atoms with Gasteiger partial charge in [0.2, 0.25) is 0 Å². The summed E-state index contributed by atoms with van der Waals surface area (Å²) in [5.74, 6) is -3.96. The standard InChI is InChI=1S/C12H22F4N2/c1-2-18(9-12(15,16)10(13)14)11(8-17)6-4-3-5-7-11/h10H,2-9,17H2,1H3. The van der Waals surface area contributed by atoms with Crippen molar-refractivity contribution >= 4 is 0 Å². The number of nitrogens with zero attached hydrogens (tertiary/aromatic N) is 1. The fourth-order valence-corrected chi connectivity index (χ4v) is 2.80. The Morgan fingerprint density at radius 2 is 1.78 bits per heavy atom. The van der Waals surface area contributed by atoms with Gasteiger partial charge in [0.15, 0.2) is 0 Å². The fourth-order valence-electron chi connectivity index (χ4n) is 2.80. The van der Waals surface area contributed by atoms with E-state index in [9.17, 15) is 17.6 Å². The molecule has 1 fully saturated rings. The van der Waals surface area contributed by atoms with E-state index in [0.29, 0.717) is 6.54 Å². The van der Waals surface area contributed by atoms with Crippen LogP contribution in [-0.2, 0) is 0 Å². The Morgan fingerprint density at radius 3 is 2.17 bits per heavy atom. The molecule has 0 spiro atoms. The average molecular weight is 270 g/mol. The van der Waals surface area contributed by atoms with Gasteiger partial charge in [-0.15, -0.1) is 0 Å². The molecule has 1 rings (SSSR count). The van der Waals surface area contributed by atoms with Gasteiger partial charge in [0.1, 0.15) is 0 Å². The number of likely N-dealkylation sites (N-methyl/N-ethyl adjacent to an activating group) is 1. The van der Waals surface area contributed by atoms with Gasteiger partial charge >= 0.3 is 12.3 Å². The van der Waals surface area contributed by atoms with Crippen molar-refractivity contribution in [3.05, 3.63) is 0 Å². The fraction of sp³-hybridized carbons (Fsp3) is 1.00. The lowest BCUT2D eigenvalue weighted by atomic mass is 9.80. The molecule has 0 aromatic rings. The van der Waals surface area contributed by atoms with Gasteiger partial charge in [-0.3, -0.25) is 4.90 Å². The van der Waals surface area contributed by atoms with Crippen molar-refractivity contribution in [3.63, 3.8) is 0 Å². The summed E-state index contributed by atoms with van der Waals surface area (Å²) in [4.78, 5) is 1.46. The predicted octanol–water partition coefficient (Wildman–Crippen LogP) is 2.87. The summed E-state index contributed by atoms with van der Waals surface area (Å²) in [6.07, 6.45) is 0.727. The molecule has 0 unspecified atom stereocenters. The van der Waals surface area contributed by atoms with Crippen LogP contribution in [0.25, 0.3) is 0 Å². The molecule has 1 aliphatic carbocycles. The molecule has 0 radical (unpaired) electrons. The smallest absolute Gasteiger partial charge is 0.319 e. The molecule has 1 aliphatic rings. The Labute approximate surface area is 106 Å². The van der Waals surface area contributed by atoms with Crippen molar-refractivity contribution in [3.8, 4) is 0 Å². The molecule has 6 heteroatoms. The normalized spacial score (nSPS) is 20.7. The molecule has 108 valence electrons. The highest BCUT2D eigenvalue weighted by molar-refractivity contribution is 4.95. The molecule has 0 bridgehead atoms. The molecule has 0 aromatic heterocycles. The van der Waals surface area contributed by atoms with Gasteiger partial charge in [0, 0.05) is 12.1 Å². The van der Waals surface area contributed by atoms with Gasteiger partial charge in [-0.05, 0) is 19.4 Å². The molecule has 1 saturated carbocycles. The van der Waals surface area contributed by atoms with E-state index >= 15 is 0 Å². The van der Waals surface area contributed by atoms with Gasteiger partial charge in [-0.2, -0.15) is 8.78 Å². The largest absolute Gasteiger partial charge is 0.329 e. The lowest BCUT2D eigenvalue weighted by Gasteiger charge is -2.46. The molecular weight excluding hydrogens is 248 g/mol. The zero-order valence-electron chi connectivity index (χ0n) is 10.8. The van der Waals surface area contributed by atoms with Crippen LogP contribution >= 0.6 is 0 Å². The summed E-state index contributed by atoms with van der Waals surface area (Å²) < 4.78 is 51.0. The topological polar surface area (TPSA) is 29.3 Å². The Balaban J connectivity index is 2.80. The van der Waals surface area contributed by atoms with Crippen LogP contribution < -0.4 is 5.73 Å². The minimum absolute atomic E-state index is 0.250. The Hall–Kier alpha value is -0.360. The van der Waals surface area contributed by atoms with Crippen LogP contribution in [-0.4, -0.2) is 42.4 Å². The van der Waals surface area contributed by atoms with Crippen molar-refractivity contribution in [2.45, 2.75) is 56.9 Å². The minimum atomic E-state index is -3.96. The van der Waals surface area contributed by atoms with Crippen molar-refractivity contribution in [1.82, 2.24) is 4.90 Å². The van der Waals surface area contributed by atoms with E-state index in [0.717, 1.165) is 32.1 Å². The molecule has 18 heavy (non-hydrogen) atoms.